The quantitative estimate of drug-likeness (QED) is 0.837. The molecule has 2 unspecified atom stereocenters. The second-order valence-electron chi connectivity index (χ2n) is 5.16. The van der Waals surface area contributed by atoms with Crippen molar-refractivity contribution in [3.05, 3.63) is 18.0 Å². The first-order chi connectivity index (χ1) is 8.81. The van der Waals surface area contributed by atoms with E-state index in [0.29, 0.717) is 12.0 Å². The second kappa shape index (κ2) is 6.34. The van der Waals surface area contributed by atoms with Gasteiger partial charge >= 0.3 is 0 Å². The summed E-state index contributed by atoms with van der Waals surface area (Å²) < 4.78 is 2.20. The van der Waals surface area contributed by atoms with Crippen molar-refractivity contribution < 1.29 is 0 Å². The van der Waals surface area contributed by atoms with Gasteiger partial charge in [0.15, 0.2) is 0 Å². The number of hydrogen-bond acceptors (Lipinski definition) is 3. The third-order valence-electron chi connectivity index (χ3n) is 3.99. The molecule has 0 spiro atoms. The van der Waals surface area contributed by atoms with E-state index in [-0.39, 0.29) is 0 Å². The Morgan fingerprint density at radius 1 is 1.44 bits per heavy atom. The highest BCUT2D eigenvalue weighted by Crippen LogP contribution is 2.36. The van der Waals surface area contributed by atoms with E-state index in [4.69, 9.17) is 0 Å². The van der Waals surface area contributed by atoms with E-state index in [2.05, 4.69) is 47.0 Å². The van der Waals surface area contributed by atoms with Gasteiger partial charge in [-0.15, -0.1) is 0 Å². The first-order valence-corrected chi connectivity index (χ1v) is 7.22. The lowest BCUT2D eigenvalue weighted by atomic mass is 9.97. The predicted octanol–water partition coefficient (Wildman–Crippen LogP) is 1.90. The van der Waals surface area contributed by atoms with Gasteiger partial charge in [0.2, 0.25) is 0 Å². The van der Waals surface area contributed by atoms with Crippen molar-refractivity contribution >= 4 is 0 Å². The van der Waals surface area contributed by atoms with Gasteiger partial charge in [0.1, 0.15) is 0 Å². The molecule has 0 bridgehead atoms. The lowest BCUT2D eigenvalue weighted by Crippen LogP contribution is -2.31. The normalized spacial score (nSPS) is 24.8. The van der Waals surface area contributed by atoms with E-state index in [0.717, 1.165) is 26.1 Å². The average Bonchev–Trinajstić information content (AvgIpc) is 2.96. The van der Waals surface area contributed by atoms with Crippen molar-refractivity contribution in [1.29, 1.82) is 0 Å². The van der Waals surface area contributed by atoms with Crippen LogP contribution in [0.15, 0.2) is 12.3 Å². The van der Waals surface area contributed by atoms with Crippen LogP contribution in [0.1, 0.15) is 38.4 Å². The maximum atomic E-state index is 4.48. The molecule has 1 N–H and O–H groups in total. The van der Waals surface area contributed by atoms with Crippen LogP contribution in [0.5, 0.6) is 0 Å². The van der Waals surface area contributed by atoms with E-state index in [1.165, 1.54) is 18.7 Å². The Kier molecular flexibility index (Phi) is 4.78. The summed E-state index contributed by atoms with van der Waals surface area (Å²) in [5.74, 6) is 0.710. The smallest absolute Gasteiger partial charge is 0.0559 e. The first-order valence-electron chi connectivity index (χ1n) is 7.22. The van der Waals surface area contributed by atoms with Crippen molar-refractivity contribution in [1.82, 2.24) is 20.0 Å². The molecule has 102 valence electrons. The molecule has 0 amide bonds. The van der Waals surface area contributed by atoms with Gasteiger partial charge in [0.25, 0.3) is 0 Å². The van der Waals surface area contributed by atoms with Crippen LogP contribution in [0, 0.1) is 5.92 Å². The number of hydrogen-bond donors (Lipinski definition) is 1. The van der Waals surface area contributed by atoms with E-state index >= 15 is 0 Å². The molecule has 1 aromatic heterocycles. The van der Waals surface area contributed by atoms with Crippen LogP contribution in [-0.4, -0.2) is 41.4 Å². The molecule has 2 heterocycles. The highest BCUT2D eigenvalue weighted by Gasteiger charge is 2.35. The van der Waals surface area contributed by atoms with Crippen molar-refractivity contribution in [3.8, 4) is 0 Å². The van der Waals surface area contributed by atoms with Gasteiger partial charge in [0, 0.05) is 12.7 Å². The molecule has 2 atom stereocenters. The van der Waals surface area contributed by atoms with Gasteiger partial charge in [-0.2, -0.15) is 5.10 Å². The molecular formula is C14H26N4. The molecule has 1 aromatic rings. The van der Waals surface area contributed by atoms with Crippen LogP contribution in [0.4, 0.5) is 0 Å². The number of aryl methyl sites for hydroxylation is 1. The van der Waals surface area contributed by atoms with Crippen molar-refractivity contribution in [2.24, 2.45) is 5.92 Å². The molecule has 1 aliphatic heterocycles. The zero-order valence-electron chi connectivity index (χ0n) is 11.9. The first kappa shape index (κ1) is 13.6. The van der Waals surface area contributed by atoms with Crippen molar-refractivity contribution in [3.63, 3.8) is 0 Å². The van der Waals surface area contributed by atoms with Gasteiger partial charge in [0.05, 0.1) is 11.7 Å². The van der Waals surface area contributed by atoms with Gasteiger partial charge in [-0.25, -0.2) is 0 Å². The fourth-order valence-corrected chi connectivity index (χ4v) is 3.18. The molecule has 0 aliphatic carbocycles. The summed E-state index contributed by atoms with van der Waals surface area (Å²) in [6.45, 7) is 8.94. The van der Waals surface area contributed by atoms with Crippen LogP contribution in [-0.2, 0) is 6.54 Å². The molecular weight excluding hydrogens is 224 g/mol. The van der Waals surface area contributed by atoms with E-state index in [1.807, 2.05) is 6.20 Å². The summed E-state index contributed by atoms with van der Waals surface area (Å²) in [7, 11) is 2.05. The van der Waals surface area contributed by atoms with Crippen LogP contribution in [0.2, 0.25) is 0 Å². The number of likely N-dealkylation sites (tertiary alicyclic amines) is 1. The minimum atomic E-state index is 0.538. The fraction of sp³-hybridized carbons (Fsp3) is 0.786. The van der Waals surface area contributed by atoms with Gasteiger partial charge < -0.3 is 5.32 Å². The topological polar surface area (TPSA) is 33.1 Å². The Labute approximate surface area is 110 Å². The largest absolute Gasteiger partial charge is 0.319 e. The molecule has 2 rings (SSSR count). The van der Waals surface area contributed by atoms with Crippen LogP contribution < -0.4 is 5.32 Å². The van der Waals surface area contributed by atoms with Crippen LogP contribution in [0.25, 0.3) is 0 Å². The number of rotatable bonds is 6. The van der Waals surface area contributed by atoms with Gasteiger partial charge in [-0.1, -0.05) is 13.8 Å². The molecule has 1 saturated heterocycles. The Bertz CT molecular complexity index is 360. The standard InChI is InChI=1S/C14H26N4/c1-4-9-18-13(6-8-16-18)14-12(11-15-3)7-10-17(14)5-2/h6,8,12,14-15H,4-5,7,9-11H2,1-3H3. The molecule has 18 heavy (non-hydrogen) atoms. The average molecular weight is 250 g/mol. The maximum absolute atomic E-state index is 4.48. The third-order valence-corrected chi connectivity index (χ3v) is 3.99. The highest BCUT2D eigenvalue weighted by molar-refractivity contribution is 5.11. The minimum absolute atomic E-state index is 0.538. The summed E-state index contributed by atoms with van der Waals surface area (Å²) >= 11 is 0. The Balaban J connectivity index is 2.22. The summed E-state index contributed by atoms with van der Waals surface area (Å²) in [4.78, 5) is 2.59. The molecule has 1 fully saturated rings. The van der Waals surface area contributed by atoms with Crippen molar-refractivity contribution in [2.45, 2.75) is 39.3 Å². The molecule has 1 aliphatic rings. The van der Waals surface area contributed by atoms with Crippen LogP contribution in [0.3, 0.4) is 0 Å². The van der Waals surface area contributed by atoms with Gasteiger partial charge in [-0.05, 0) is 51.5 Å². The zero-order valence-corrected chi connectivity index (χ0v) is 11.9. The molecule has 0 radical (unpaired) electrons. The minimum Gasteiger partial charge on any atom is -0.319 e. The summed E-state index contributed by atoms with van der Waals surface area (Å²) in [6, 6.07) is 2.74. The monoisotopic (exact) mass is 250 g/mol. The third kappa shape index (κ3) is 2.59. The number of nitrogens with one attached hydrogen (secondary N) is 1. The predicted molar refractivity (Wildman–Crippen MR) is 74.5 cm³/mol. The molecule has 0 aromatic carbocycles. The maximum Gasteiger partial charge on any atom is 0.0559 e. The number of aromatic nitrogens is 2. The Morgan fingerprint density at radius 3 is 2.94 bits per heavy atom. The van der Waals surface area contributed by atoms with Crippen LogP contribution >= 0.6 is 0 Å². The lowest BCUT2D eigenvalue weighted by molar-refractivity contribution is 0.225. The van der Waals surface area contributed by atoms with E-state index < -0.39 is 0 Å². The number of nitrogens with zero attached hydrogens (tertiary/aromatic N) is 3. The van der Waals surface area contributed by atoms with Crippen molar-refractivity contribution in [2.75, 3.05) is 26.7 Å². The van der Waals surface area contributed by atoms with Gasteiger partial charge in [-0.3, -0.25) is 9.58 Å². The molecule has 4 nitrogen and oxygen atoms in total. The lowest BCUT2D eigenvalue weighted by Gasteiger charge is -2.28. The zero-order chi connectivity index (χ0) is 13.0. The summed E-state index contributed by atoms with van der Waals surface area (Å²) in [6.07, 6.45) is 4.38. The second-order valence-corrected chi connectivity index (χ2v) is 5.16. The summed E-state index contributed by atoms with van der Waals surface area (Å²) in [5.41, 5.74) is 1.40. The Morgan fingerprint density at radius 2 is 2.28 bits per heavy atom. The summed E-state index contributed by atoms with van der Waals surface area (Å²) in [5, 5.41) is 7.82. The molecule has 0 saturated carbocycles. The van der Waals surface area contributed by atoms with E-state index in [1.54, 1.807) is 0 Å². The van der Waals surface area contributed by atoms with E-state index in [9.17, 15) is 0 Å². The highest BCUT2D eigenvalue weighted by atomic mass is 15.3. The SMILES string of the molecule is CCCn1nccc1C1C(CNC)CCN1CC. The fourth-order valence-electron chi connectivity index (χ4n) is 3.18. The Hall–Kier alpha value is -0.870. The molecule has 4 heteroatoms.